The highest BCUT2D eigenvalue weighted by atomic mass is 32.2. The summed E-state index contributed by atoms with van der Waals surface area (Å²) < 4.78 is 23.0. The Morgan fingerprint density at radius 3 is 2.14 bits per heavy atom. The molecule has 5 nitrogen and oxygen atoms in total. The molecule has 4 rings (SSSR count). The number of benzene rings is 3. The molecule has 28 heavy (non-hydrogen) atoms. The third-order valence-electron chi connectivity index (χ3n) is 4.26. The Hall–Kier alpha value is -3.12. The topological polar surface area (TPSA) is 57.1 Å². The molecule has 2 atom stereocenters. The van der Waals surface area contributed by atoms with Crippen LogP contribution in [-0.2, 0) is 15.6 Å². The van der Waals surface area contributed by atoms with E-state index in [0.717, 1.165) is 22.0 Å². The fraction of sp³-hybridized carbons (Fsp3) is 0.136. The first-order chi connectivity index (χ1) is 13.7. The van der Waals surface area contributed by atoms with Crippen LogP contribution in [0.25, 0.3) is 0 Å². The zero-order valence-corrected chi connectivity index (χ0v) is 16.1. The smallest absolute Gasteiger partial charge is 0.235 e. The van der Waals surface area contributed by atoms with Gasteiger partial charge < -0.3 is 14.3 Å². The second-order valence-electron chi connectivity index (χ2n) is 6.29. The SMILES string of the molecule is CS(=O)c1ccc(OC2=NOC(c3ccc(Oc4ccccc4)cc3)C2)cc1. The Kier molecular flexibility index (Phi) is 5.39. The number of oxime groups is 1. The molecule has 1 heterocycles. The molecule has 0 saturated carbocycles. The first-order valence-electron chi connectivity index (χ1n) is 8.84. The van der Waals surface area contributed by atoms with E-state index in [0.29, 0.717) is 18.1 Å². The van der Waals surface area contributed by atoms with Crippen molar-refractivity contribution in [1.29, 1.82) is 0 Å². The van der Waals surface area contributed by atoms with Crippen LogP contribution in [0.3, 0.4) is 0 Å². The number of nitrogens with zero attached hydrogens (tertiary/aromatic N) is 1. The maximum Gasteiger partial charge on any atom is 0.235 e. The molecule has 2 unspecified atom stereocenters. The molecule has 0 bridgehead atoms. The molecule has 1 aliphatic rings. The molecule has 0 aliphatic carbocycles. The fourth-order valence-electron chi connectivity index (χ4n) is 2.81. The maximum absolute atomic E-state index is 11.4. The average molecular weight is 393 g/mol. The van der Waals surface area contributed by atoms with Crippen LogP contribution < -0.4 is 9.47 Å². The zero-order valence-electron chi connectivity index (χ0n) is 15.3. The van der Waals surface area contributed by atoms with Crippen molar-refractivity contribution in [3.63, 3.8) is 0 Å². The minimum Gasteiger partial charge on any atom is -0.457 e. The van der Waals surface area contributed by atoms with Gasteiger partial charge in [-0.15, -0.1) is 0 Å². The highest BCUT2D eigenvalue weighted by Crippen LogP contribution is 2.30. The van der Waals surface area contributed by atoms with Gasteiger partial charge in [0.25, 0.3) is 0 Å². The Morgan fingerprint density at radius 2 is 1.46 bits per heavy atom. The molecule has 6 heteroatoms. The van der Waals surface area contributed by atoms with E-state index in [1.807, 2.05) is 54.6 Å². The standard InChI is InChI=1S/C22H19NO4S/c1-28(24)20-13-11-19(12-14-20)26-22-15-21(27-23-22)16-7-9-18(10-8-16)25-17-5-3-2-4-6-17/h2-14,21H,15H2,1H3. The van der Waals surface area contributed by atoms with Crippen molar-refractivity contribution in [2.24, 2.45) is 5.16 Å². The number of hydrogen-bond acceptors (Lipinski definition) is 5. The molecule has 0 N–H and O–H groups in total. The van der Waals surface area contributed by atoms with Crippen molar-refractivity contribution < 1.29 is 18.5 Å². The van der Waals surface area contributed by atoms with Crippen molar-refractivity contribution in [3.8, 4) is 17.2 Å². The summed E-state index contributed by atoms with van der Waals surface area (Å²) in [5.74, 6) is 2.71. The highest BCUT2D eigenvalue weighted by Gasteiger charge is 2.24. The zero-order chi connectivity index (χ0) is 19.3. The summed E-state index contributed by atoms with van der Waals surface area (Å²) in [5.41, 5.74) is 1.000. The molecule has 3 aromatic rings. The normalized spacial score (nSPS) is 16.8. The molecule has 0 saturated heterocycles. The lowest BCUT2D eigenvalue weighted by Crippen LogP contribution is -2.07. The molecule has 3 aromatic carbocycles. The number of rotatable bonds is 5. The van der Waals surface area contributed by atoms with Crippen LogP contribution in [0.4, 0.5) is 0 Å². The van der Waals surface area contributed by atoms with E-state index in [-0.39, 0.29) is 6.10 Å². The molecule has 0 fully saturated rings. The minimum absolute atomic E-state index is 0.191. The predicted octanol–water partition coefficient (Wildman–Crippen LogP) is 5.07. The highest BCUT2D eigenvalue weighted by molar-refractivity contribution is 7.84. The molecule has 0 amide bonds. The Morgan fingerprint density at radius 1 is 0.857 bits per heavy atom. The van der Waals surface area contributed by atoms with Crippen LogP contribution >= 0.6 is 0 Å². The fourth-order valence-corrected chi connectivity index (χ4v) is 3.32. The summed E-state index contributed by atoms with van der Waals surface area (Å²) >= 11 is 0. The van der Waals surface area contributed by atoms with Crippen LogP contribution in [0.2, 0.25) is 0 Å². The van der Waals surface area contributed by atoms with Gasteiger partial charge in [-0.05, 0) is 54.1 Å². The first-order valence-corrected chi connectivity index (χ1v) is 10.4. The van der Waals surface area contributed by atoms with Gasteiger partial charge in [-0.25, -0.2) is 0 Å². The lowest BCUT2D eigenvalue weighted by molar-refractivity contribution is 0.0855. The molecule has 142 valence electrons. The van der Waals surface area contributed by atoms with E-state index in [1.165, 1.54) is 0 Å². The van der Waals surface area contributed by atoms with Gasteiger partial charge in [0.15, 0.2) is 6.10 Å². The largest absolute Gasteiger partial charge is 0.457 e. The van der Waals surface area contributed by atoms with E-state index in [2.05, 4.69) is 5.16 Å². The Bertz CT molecular complexity index is 985. The van der Waals surface area contributed by atoms with Gasteiger partial charge in [-0.3, -0.25) is 4.21 Å². The van der Waals surface area contributed by atoms with E-state index >= 15 is 0 Å². The van der Waals surface area contributed by atoms with Crippen molar-refractivity contribution in [3.05, 3.63) is 84.4 Å². The van der Waals surface area contributed by atoms with Gasteiger partial charge >= 0.3 is 0 Å². The third-order valence-corrected chi connectivity index (χ3v) is 5.20. The second-order valence-corrected chi connectivity index (χ2v) is 7.67. The molecule has 0 radical (unpaired) electrons. The number of ether oxygens (including phenoxy) is 2. The second kappa shape index (κ2) is 8.27. The van der Waals surface area contributed by atoms with Crippen LogP contribution in [0.15, 0.2) is 88.9 Å². The Balaban J connectivity index is 1.35. The molecule has 0 aromatic heterocycles. The average Bonchev–Trinajstić information content (AvgIpc) is 3.18. The minimum atomic E-state index is -1.01. The van der Waals surface area contributed by atoms with Gasteiger partial charge in [0.05, 0.1) is 6.42 Å². The van der Waals surface area contributed by atoms with Gasteiger partial charge in [0.2, 0.25) is 5.90 Å². The van der Waals surface area contributed by atoms with Crippen molar-refractivity contribution in [2.45, 2.75) is 17.4 Å². The van der Waals surface area contributed by atoms with Gasteiger partial charge in [0, 0.05) is 22.0 Å². The molecular weight excluding hydrogens is 374 g/mol. The van der Waals surface area contributed by atoms with Gasteiger partial charge in [0.1, 0.15) is 17.2 Å². The monoisotopic (exact) mass is 393 g/mol. The summed E-state index contributed by atoms with van der Waals surface area (Å²) in [6.45, 7) is 0. The van der Waals surface area contributed by atoms with E-state index < -0.39 is 10.8 Å². The summed E-state index contributed by atoms with van der Waals surface area (Å²) in [5, 5.41) is 4.04. The van der Waals surface area contributed by atoms with Crippen LogP contribution in [0.5, 0.6) is 17.2 Å². The number of hydrogen-bond donors (Lipinski definition) is 0. The third kappa shape index (κ3) is 4.40. The van der Waals surface area contributed by atoms with Gasteiger partial charge in [-0.2, -0.15) is 0 Å². The number of para-hydroxylation sites is 1. The van der Waals surface area contributed by atoms with E-state index in [1.54, 1.807) is 30.5 Å². The Labute approximate surface area is 166 Å². The first kappa shape index (κ1) is 18.3. The molecular formula is C22H19NO4S. The summed E-state index contributed by atoms with van der Waals surface area (Å²) in [4.78, 5) is 6.27. The van der Waals surface area contributed by atoms with E-state index in [4.69, 9.17) is 14.3 Å². The van der Waals surface area contributed by atoms with Gasteiger partial charge in [-0.1, -0.05) is 35.5 Å². The summed E-state index contributed by atoms with van der Waals surface area (Å²) in [7, 11) is -1.01. The molecule has 0 spiro atoms. The van der Waals surface area contributed by atoms with Crippen LogP contribution in [0, 0.1) is 0 Å². The summed E-state index contributed by atoms with van der Waals surface area (Å²) in [6.07, 6.45) is 1.99. The van der Waals surface area contributed by atoms with Crippen molar-refractivity contribution in [2.75, 3.05) is 6.26 Å². The van der Waals surface area contributed by atoms with E-state index in [9.17, 15) is 4.21 Å². The van der Waals surface area contributed by atoms with Crippen LogP contribution in [-0.4, -0.2) is 16.4 Å². The summed E-state index contributed by atoms with van der Waals surface area (Å²) in [6, 6.07) is 24.5. The quantitative estimate of drug-likeness (QED) is 0.607. The van der Waals surface area contributed by atoms with Crippen molar-refractivity contribution in [1.82, 2.24) is 0 Å². The van der Waals surface area contributed by atoms with Crippen molar-refractivity contribution >= 4 is 16.7 Å². The molecule has 1 aliphatic heterocycles. The van der Waals surface area contributed by atoms with Crippen LogP contribution in [0.1, 0.15) is 18.1 Å². The predicted molar refractivity (Wildman–Crippen MR) is 108 cm³/mol. The maximum atomic E-state index is 11.4. The lowest BCUT2D eigenvalue weighted by Gasteiger charge is -2.10. The lowest BCUT2D eigenvalue weighted by atomic mass is 10.1.